The predicted octanol–water partition coefficient (Wildman–Crippen LogP) is 1.32. The number of rotatable bonds is 5. The first-order chi connectivity index (χ1) is 8.70. The molecule has 0 aromatic rings. The Kier molecular flexibility index (Phi) is 4.61. The summed E-state index contributed by atoms with van der Waals surface area (Å²) in [5, 5.41) is 2.86. The van der Waals surface area contributed by atoms with Gasteiger partial charge >= 0.3 is 0 Å². The van der Waals surface area contributed by atoms with E-state index in [1.807, 2.05) is 13.8 Å². The van der Waals surface area contributed by atoms with Crippen LogP contribution in [0.2, 0.25) is 0 Å². The number of hydrogen-bond acceptors (Lipinski definition) is 3. The Morgan fingerprint density at radius 3 is 2.37 bits per heavy atom. The Balaban J connectivity index is 3.07. The third-order valence-electron chi connectivity index (χ3n) is 4.13. The van der Waals surface area contributed by atoms with Gasteiger partial charge in [-0.05, 0) is 40.5 Å². The van der Waals surface area contributed by atoms with Crippen molar-refractivity contribution in [1.29, 1.82) is 0 Å². The van der Waals surface area contributed by atoms with Crippen LogP contribution in [0.5, 0.6) is 0 Å². The standard InChI is InChI=1S/C14H26N2O3/c1-7-14(5)12(18)16(10(2)8-9-19-6)13(3,4)11(17)15-14/h10H,7-9H2,1-6H3,(H,15,17). The number of carbonyl (C=O) groups is 2. The van der Waals surface area contributed by atoms with Crippen LogP contribution >= 0.6 is 0 Å². The number of nitrogens with zero attached hydrogens (tertiary/aromatic N) is 1. The quantitative estimate of drug-likeness (QED) is 0.819. The topological polar surface area (TPSA) is 58.6 Å². The van der Waals surface area contributed by atoms with Gasteiger partial charge in [-0.2, -0.15) is 0 Å². The molecule has 0 spiro atoms. The molecular formula is C14H26N2O3. The highest BCUT2D eigenvalue weighted by atomic mass is 16.5. The van der Waals surface area contributed by atoms with Crippen LogP contribution in [-0.2, 0) is 14.3 Å². The maximum atomic E-state index is 12.7. The summed E-state index contributed by atoms with van der Waals surface area (Å²) in [5.74, 6) is -0.107. The zero-order valence-electron chi connectivity index (χ0n) is 12.9. The number of hydrogen-bond donors (Lipinski definition) is 1. The molecule has 1 rings (SSSR count). The monoisotopic (exact) mass is 270 g/mol. The Labute approximate surface area is 115 Å². The van der Waals surface area contributed by atoms with Crippen molar-refractivity contribution in [2.24, 2.45) is 0 Å². The highest BCUT2D eigenvalue weighted by Gasteiger charge is 2.52. The minimum atomic E-state index is -0.821. The minimum Gasteiger partial charge on any atom is -0.385 e. The smallest absolute Gasteiger partial charge is 0.249 e. The Bertz CT molecular complexity index is 368. The van der Waals surface area contributed by atoms with E-state index in [1.54, 1.807) is 32.8 Å². The van der Waals surface area contributed by atoms with Gasteiger partial charge in [0.2, 0.25) is 11.8 Å². The largest absolute Gasteiger partial charge is 0.385 e. The van der Waals surface area contributed by atoms with Gasteiger partial charge in [0.1, 0.15) is 11.1 Å². The third kappa shape index (κ3) is 2.76. The van der Waals surface area contributed by atoms with E-state index in [1.165, 1.54) is 0 Å². The molecule has 5 heteroatoms. The first-order valence-corrected chi connectivity index (χ1v) is 6.86. The molecule has 5 nitrogen and oxygen atoms in total. The maximum Gasteiger partial charge on any atom is 0.249 e. The molecule has 0 saturated carbocycles. The SMILES string of the molecule is CCC1(C)NC(=O)C(C)(C)N(C(C)CCOC)C1=O. The molecule has 2 atom stereocenters. The number of piperazine rings is 1. The second kappa shape index (κ2) is 5.49. The zero-order valence-corrected chi connectivity index (χ0v) is 12.9. The van der Waals surface area contributed by atoms with Crippen LogP contribution in [0.3, 0.4) is 0 Å². The molecule has 0 bridgehead atoms. The van der Waals surface area contributed by atoms with E-state index in [0.29, 0.717) is 13.0 Å². The molecule has 0 aromatic heterocycles. The van der Waals surface area contributed by atoms with Crippen molar-refractivity contribution in [3.8, 4) is 0 Å². The number of nitrogens with one attached hydrogen (secondary N) is 1. The first-order valence-electron chi connectivity index (χ1n) is 6.86. The number of amides is 2. The van der Waals surface area contributed by atoms with Gasteiger partial charge in [-0.25, -0.2) is 0 Å². The summed E-state index contributed by atoms with van der Waals surface area (Å²) in [6.45, 7) is 9.82. The highest BCUT2D eigenvalue weighted by molar-refractivity contribution is 6.01. The molecule has 110 valence electrons. The van der Waals surface area contributed by atoms with Crippen LogP contribution < -0.4 is 5.32 Å². The summed E-state index contributed by atoms with van der Waals surface area (Å²) in [6, 6.07) is -0.0284. The minimum absolute atomic E-state index is 0.0109. The lowest BCUT2D eigenvalue weighted by Gasteiger charge is -2.51. The molecule has 0 radical (unpaired) electrons. The molecule has 0 aromatic carbocycles. The van der Waals surface area contributed by atoms with Crippen molar-refractivity contribution in [1.82, 2.24) is 10.2 Å². The van der Waals surface area contributed by atoms with Gasteiger partial charge < -0.3 is 15.0 Å². The Hall–Kier alpha value is -1.10. The summed E-state index contributed by atoms with van der Waals surface area (Å²) in [7, 11) is 1.64. The van der Waals surface area contributed by atoms with Crippen molar-refractivity contribution < 1.29 is 14.3 Å². The molecule has 1 aliphatic heterocycles. The van der Waals surface area contributed by atoms with Crippen LogP contribution in [0, 0.1) is 0 Å². The molecule has 1 heterocycles. The normalized spacial score (nSPS) is 28.2. The summed E-state index contributed by atoms with van der Waals surface area (Å²) in [5.41, 5.74) is -1.62. The van der Waals surface area contributed by atoms with E-state index in [9.17, 15) is 9.59 Å². The number of ether oxygens (including phenoxy) is 1. The van der Waals surface area contributed by atoms with Crippen molar-refractivity contribution in [3.63, 3.8) is 0 Å². The lowest BCUT2D eigenvalue weighted by atomic mass is 9.85. The highest BCUT2D eigenvalue weighted by Crippen LogP contribution is 2.30. The number of carbonyl (C=O) groups excluding carboxylic acids is 2. The van der Waals surface area contributed by atoms with Gasteiger partial charge in [0, 0.05) is 19.8 Å². The third-order valence-corrected chi connectivity index (χ3v) is 4.13. The fourth-order valence-electron chi connectivity index (χ4n) is 2.49. The molecule has 1 saturated heterocycles. The van der Waals surface area contributed by atoms with Crippen molar-refractivity contribution in [2.75, 3.05) is 13.7 Å². The van der Waals surface area contributed by atoms with E-state index in [-0.39, 0.29) is 17.9 Å². The summed E-state index contributed by atoms with van der Waals surface area (Å²) < 4.78 is 5.07. The Morgan fingerprint density at radius 2 is 1.89 bits per heavy atom. The molecule has 2 unspecified atom stereocenters. The Morgan fingerprint density at radius 1 is 1.32 bits per heavy atom. The van der Waals surface area contributed by atoms with E-state index in [4.69, 9.17) is 4.74 Å². The van der Waals surface area contributed by atoms with Gasteiger partial charge in [-0.15, -0.1) is 0 Å². The van der Waals surface area contributed by atoms with Crippen molar-refractivity contribution in [3.05, 3.63) is 0 Å². The summed E-state index contributed by atoms with van der Waals surface area (Å²) in [4.78, 5) is 26.7. The average molecular weight is 270 g/mol. The van der Waals surface area contributed by atoms with Gasteiger partial charge in [0.25, 0.3) is 0 Å². The van der Waals surface area contributed by atoms with Gasteiger partial charge in [-0.1, -0.05) is 6.92 Å². The van der Waals surface area contributed by atoms with Crippen molar-refractivity contribution in [2.45, 2.75) is 64.6 Å². The molecule has 0 aliphatic carbocycles. The van der Waals surface area contributed by atoms with Crippen LogP contribution in [-0.4, -0.2) is 47.6 Å². The maximum absolute atomic E-state index is 12.7. The molecule has 19 heavy (non-hydrogen) atoms. The molecule has 2 amide bonds. The molecule has 1 aliphatic rings. The lowest BCUT2D eigenvalue weighted by molar-refractivity contribution is -0.164. The summed E-state index contributed by atoms with van der Waals surface area (Å²) >= 11 is 0. The second-order valence-corrected chi connectivity index (χ2v) is 6.00. The van der Waals surface area contributed by atoms with Crippen LogP contribution in [0.15, 0.2) is 0 Å². The molecular weight excluding hydrogens is 244 g/mol. The lowest BCUT2D eigenvalue weighted by Crippen LogP contribution is -2.74. The van der Waals surface area contributed by atoms with E-state index < -0.39 is 11.1 Å². The van der Waals surface area contributed by atoms with E-state index in [0.717, 1.165) is 6.42 Å². The predicted molar refractivity (Wildman–Crippen MR) is 73.7 cm³/mol. The van der Waals surface area contributed by atoms with E-state index >= 15 is 0 Å². The molecule has 1 N–H and O–H groups in total. The zero-order chi connectivity index (χ0) is 14.8. The fourth-order valence-corrected chi connectivity index (χ4v) is 2.49. The second-order valence-electron chi connectivity index (χ2n) is 6.00. The van der Waals surface area contributed by atoms with Crippen molar-refractivity contribution >= 4 is 11.8 Å². The van der Waals surface area contributed by atoms with Gasteiger partial charge in [0.05, 0.1) is 0 Å². The van der Waals surface area contributed by atoms with E-state index in [2.05, 4.69) is 5.32 Å². The molecule has 1 fully saturated rings. The fraction of sp³-hybridized carbons (Fsp3) is 0.857. The first kappa shape index (κ1) is 16.0. The average Bonchev–Trinajstić information content (AvgIpc) is 2.34. The van der Waals surface area contributed by atoms with Crippen LogP contribution in [0.25, 0.3) is 0 Å². The van der Waals surface area contributed by atoms with Gasteiger partial charge in [-0.3, -0.25) is 9.59 Å². The number of methoxy groups -OCH3 is 1. The van der Waals surface area contributed by atoms with Crippen LogP contribution in [0.4, 0.5) is 0 Å². The van der Waals surface area contributed by atoms with Gasteiger partial charge in [0.15, 0.2) is 0 Å². The van der Waals surface area contributed by atoms with Crippen LogP contribution in [0.1, 0.15) is 47.5 Å². The summed E-state index contributed by atoms with van der Waals surface area (Å²) in [6.07, 6.45) is 1.31.